The van der Waals surface area contributed by atoms with Gasteiger partial charge in [0.2, 0.25) is 0 Å². The summed E-state index contributed by atoms with van der Waals surface area (Å²) in [5, 5.41) is 0. The predicted octanol–water partition coefficient (Wildman–Crippen LogP) is 1.84. The summed E-state index contributed by atoms with van der Waals surface area (Å²) in [5.41, 5.74) is 0.622. The molecule has 4 nitrogen and oxygen atoms in total. The molecule has 1 atom stereocenters. The smallest absolute Gasteiger partial charge is 0.180 e. The summed E-state index contributed by atoms with van der Waals surface area (Å²) in [5.74, 6) is 0.674. The number of rotatable bonds is 7. The van der Waals surface area contributed by atoms with E-state index in [1.54, 1.807) is 26.4 Å². The molecule has 0 aromatic heterocycles. The first-order valence-corrected chi connectivity index (χ1v) is 5.95. The molecule has 1 unspecified atom stereocenters. The minimum Gasteiger partial charge on any atom is -0.496 e. The van der Waals surface area contributed by atoms with Crippen molar-refractivity contribution in [1.82, 2.24) is 4.90 Å². The first-order valence-electron chi connectivity index (χ1n) is 5.95. The molecule has 4 heteroatoms. The van der Waals surface area contributed by atoms with Crippen LogP contribution in [0.15, 0.2) is 24.3 Å². The van der Waals surface area contributed by atoms with E-state index in [1.165, 1.54) is 0 Å². The third-order valence-corrected chi connectivity index (χ3v) is 2.96. The highest BCUT2D eigenvalue weighted by molar-refractivity contribution is 6.00. The average molecular weight is 251 g/mol. The Kier molecular flexibility index (Phi) is 5.82. The molecule has 1 aromatic rings. The van der Waals surface area contributed by atoms with Gasteiger partial charge in [0.25, 0.3) is 0 Å². The van der Waals surface area contributed by atoms with Gasteiger partial charge in [-0.15, -0.1) is 0 Å². The number of hydrogen-bond donors (Lipinski definition) is 0. The van der Waals surface area contributed by atoms with Gasteiger partial charge >= 0.3 is 0 Å². The van der Waals surface area contributed by atoms with Crippen LogP contribution in [0.4, 0.5) is 0 Å². The Labute approximate surface area is 108 Å². The summed E-state index contributed by atoms with van der Waals surface area (Å²) in [6.45, 7) is 2.99. The zero-order valence-electron chi connectivity index (χ0n) is 11.5. The standard InChI is InChI=1S/C14H21NO3/c1-11(10-17-3)15(2)9-13(16)12-7-5-6-8-14(12)18-4/h5-8,11H,9-10H2,1-4H3. The van der Waals surface area contributed by atoms with Gasteiger partial charge in [0.15, 0.2) is 5.78 Å². The topological polar surface area (TPSA) is 38.8 Å². The van der Waals surface area contributed by atoms with E-state index >= 15 is 0 Å². The number of benzene rings is 1. The van der Waals surface area contributed by atoms with E-state index in [9.17, 15) is 4.79 Å². The van der Waals surface area contributed by atoms with Gasteiger partial charge in [-0.2, -0.15) is 0 Å². The Morgan fingerprint density at radius 2 is 2.00 bits per heavy atom. The van der Waals surface area contributed by atoms with Crippen molar-refractivity contribution >= 4 is 5.78 Å². The second kappa shape index (κ2) is 7.13. The maximum Gasteiger partial charge on any atom is 0.180 e. The molecule has 1 rings (SSSR count). The van der Waals surface area contributed by atoms with Gasteiger partial charge in [-0.25, -0.2) is 0 Å². The molecule has 0 spiro atoms. The van der Waals surface area contributed by atoms with Crippen LogP contribution in [0.3, 0.4) is 0 Å². The van der Waals surface area contributed by atoms with Crippen LogP contribution in [0, 0.1) is 0 Å². The average Bonchev–Trinajstić information content (AvgIpc) is 2.38. The summed E-state index contributed by atoms with van der Waals surface area (Å²) in [6.07, 6.45) is 0. The Balaban J connectivity index is 2.70. The van der Waals surface area contributed by atoms with Crippen molar-refractivity contribution in [2.24, 2.45) is 0 Å². The molecule has 0 N–H and O–H groups in total. The third kappa shape index (κ3) is 3.82. The SMILES string of the molecule is COCC(C)N(C)CC(=O)c1ccccc1OC. The zero-order valence-corrected chi connectivity index (χ0v) is 11.5. The Morgan fingerprint density at radius 1 is 1.33 bits per heavy atom. The number of ether oxygens (including phenoxy) is 2. The minimum atomic E-state index is 0.0536. The Morgan fingerprint density at radius 3 is 2.61 bits per heavy atom. The first-order chi connectivity index (χ1) is 8.60. The molecule has 0 bridgehead atoms. The highest BCUT2D eigenvalue weighted by atomic mass is 16.5. The molecule has 0 aliphatic carbocycles. The molecule has 0 saturated heterocycles. The van der Waals surface area contributed by atoms with Crippen molar-refractivity contribution in [3.63, 3.8) is 0 Å². The van der Waals surface area contributed by atoms with E-state index < -0.39 is 0 Å². The summed E-state index contributed by atoms with van der Waals surface area (Å²) in [7, 11) is 5.15. The quantitative estimate of drug-likeness (QED) is 0.693. The number of para-hydroxylation sites is 1. The molecule has 0 aliphatic rings. The molecule has 0 aliphatic heterocycles. The summed E-state index contributed by atoms with van der Waals surface area (Å²) >= 11 is 0. The van der Waals surface area contributed by atoms with Gasteiger partial charge in [0, 0.05) is 13.2 Å². The number of nitrogens with zero attached hydrogens (tertiary/aromatic N) is 1. The summed E-state index contributed by atoms with van der Waals surface area (Å²) < 4.78 is 10.3. The fraction of sp³-hybridized carbons (Fsp3) is 0.500. The van der Waals surface area contributed by atoms with E-state index in [1.807, 2.05) is 31.0 Å². The van der Waals surface area contributed by atoms with Gasteiger partial charge in [0.05, 0.1) is 25.8 Å². The van der Waals surface area contributed by atoms with Crippen LogP contribution in [-0.4, -0.2) is 51.1 Å². The number of carbonyl (C=O) groups is 1. The van der Waals surface area contributed by atoms with Crippen LogP contribution in [0.1, 0.15) is 17.3 Å². The maximum absolute atomic E-state index is 12.2. The minimum absolute atomic E-state index is 0.0536. The monoisotopic (exact) mass is 251 g/mol. The lowest BCUT2D eigenvalue weighted by atomic mass is 10.1. The van der Waals surface area contributed by atoms with Gasteiger partial charge in [-0.1, -0.05) is 12.1 Å². The molecule has 100 valence electrons. The van der Waals surface area contributed by atoms with Crippen LogP contribution in [0.2, 0.25) is 0 Å². The van der Waals surface area contributed by atoms with Crippen LogP contribution in [-0.2, 0) is 4.74 Å². The number of likely N-dealkylation sites (N-methyl/N-ethyl adjacent to an activating group) is 1. The van der Waals surface area contributed by atoms with Crippen molar-refractivity contribution in [2.75, 3.05) is 34.4 Å². The highest BCUT2D eigenvalue weighted by Crippen LogP contribution is 2.18. The Bertz CT molecular complexity index is 392. The van der Waals surface area contributed by atoms with Crippen molar-refractivity contribution < 1.29 is 14.3 Å². The highest BCUT2D eigenvalue weighted by Gasteiger charge is 2.16. The van der Waals surface area contributed by atoms with Crippen molar-refractivity contribution in [3.05, 3.63) is 29.8 Å². The van der Waals surface area contributed by atoms with E-state index in [2.05, 4.69) is 0 Å². The lowest BCUT2D eigenvalue weighted by Crippen LogP contribution is -2.36. The van der Waals surface area contributed by atoms with Crippen LogP contribution in [0.5, 0.6) is 5.75 Å². The molecular formula is C14H21NO3. The fourth-order valence-corrected chi connectivity index (χ4v) is 1.71. The molecule has 0 saturated carbocycles. The van der Waals surface area contributed by atoms with Crippen molar-refractivity contribution in [1.29, 1.82) is 0 Å². The predicted molar refractivity (Wildman–Crippen MR) is 71.3 cm³/mol. The number of ketones is 1. The van der Waals surface area contributed by atoms with Crippen LogP contribution >= 0.6 is 0 Å². The maximum atomic E-state index is 12.2. The van der Waals surface area contributed by atoms with Gasteiger partial charge in [0.1, 0.15) is 5.75 Å². The van der Waals surface area contributed by atoms with E-state index in [0.717, 1.165) is 0 Å². The van der Waals surface area contributed by atoms with E-state index in [-0.39, 0.29) is 11.8 Å². The van der Waals surface area contributed by atoms with Crippen molar-refractivity contribution in [3.8, 4) is 5.75 Å². The molecule has 1 aromatic carbocycles. The number of Topliss-reactive ketones (excluding diaryl/α,β-unsaturated/α-hetero) is 1. The van der Waals surface area contributed by atoms with Gasteiger partial charge in [-0.05, 0) is 26.1 Å². The number of methoxy groups -OCH3 is 2. The second-order valence-electron chi connectivity index (χ2n) is 4.34. The van der Waals surface area contributed by atoms with Crippen LogP contribution in [0.25, 0.3) is 0 Å². The van der Waals surface area contributed by atoms with Crippen LogP contribution < -0.4 is 4.74 Å². The number of carbonyl (C=O) groups excluding carboxylic acids is 1. The number of hydrogen-bond acceptors (Lipinski definition) is 4. The molecule has 0 amide bonds. The van der Waals surface area contributed by atoms with E-state index in [4.69, 9.17) is 9.47 Å². The second-order valence-corrected chi connectivity index (χ2v) is 4.34. The normalized spacial score (nSPS) is 12.5. The lowest BCUT2D eigenvalue weighted by Gasteiger charge is -2.23. The summed E-state index contributed by atoms with van der Waals surface area (Å²) in [6, 6.07) is 7.48. The zero-order chi connectivity index (χ0) is 13.5. The molecule has 0 heterocycles. The first kappa shape index (κ1) is 14.7. The molecule has 18 heavy (non-hydrogen) atoms. The Hall–Kier alpha value is -1.39. The van der Waals surface area contributed by atoms with Gasteiger partial charge in [-0.3, -0.25) is 9.69 Å². The molecule has 0 radical (unpaired) electrons. The fourth-order valence-electron chi connectivity index (χ4n) is 1.71. The lowest BCUT2D eigenvalue weighted by molar-refractivity contribution is 0.0839. The molecule has 0 fully saturated rings. The molecular weight excluding hydrogens is 230 g/mol. The largest absolute Gasteiger partial charge is 0.496 e. The van der Waals surface area contributed by atoms with Crippen molar-refractivity contribution in [2.45, 2.75) is 13.0 Å². The van der Waals surface area contributed by atoms with Gasteiger partial charge < -0.3 is 9.47 Å². The third-order valence-electron chi connectivity index (χ3n) is 2.96. The summed E-state index contributed by atoms with van der Waals surface area (Å²) in [4.78, 5) is 14.2. The van der Waals surface area contributed by atoms with E-state index in [0.29, 0.717) is 24.5 Å².